The minimum Gasteiger partial charge on any atom is -0.309 e. The van der Waals surface area contributed by atoms with E-state index in [2.05, 4.69) is 88.0 Å². The molecule has 0 aliphatic rings. The van der Waals surface area contributed by atoms with Crippen LogP contribution in [0.3, 0.4) is 0 Å². The van der Waals surface area contributed by atoms with Crippen LogP contribution in [0.1, 0.15) is 27.8 Å². The van der Waals surface area contributed by atoms with Gasteiger partial charge in [-0.2, -0.15) is 26.3 Å². The van der Waals surface area contributed by atoms with Crippen LogP contribution in [0.25, 0.3) is 111 Å². The number of aromatic nitrogens is 3. The maximum Gasteiger partial charge on any atom is 0.0998 e. The lowest BCUT2D eigenvalue weighted by atomic mass is 9.96. The van der Waals surface area contributed by atoms with Crippen LogP contribution in [0.5, 0.6) is 0 Å². The van der Waals surface area contributed by atoms with Crippen LogP contribution in [0.4, 0.5) is 0 Å². The summed E-state index contributed by atoms with van der Waals surface area (Å²) in [6.07, 6.45) is 3.63. The number of fused-ring (bicyclic) bond motifs is 6. The Morgan fingerprint density at radius 1 is 0.306 bits per heavy atom. The molecule has 0 bridgehead atoms. The van der Waals surface area contributed by atoms with E-state index >= 15 is 0 Å². The van der Waals surface area contributed by atoms with Crippen molar-refractivity contribution in [3.8, 4) is 97.4 Å². The van der Waals surface area contributed by atoms with E-state index in [0.29, 0.717) is 27.8 Å². The van der Waals surface area contributed by atoms with Crippen molar-refractivity contribution in [3.63, 3.8) is 0 Å². The number of benzene rings is 9. The first-order valence-electron chi connectivity index (χ1n) is 23.1. The number of rotatable bonds is 7. The van der Waals surface area contributed by atoms with Crippen LogP contribution < -0.4 is 0 Å². The molecule has 0 radical (unpaired) electrons. The molecule has 3 aromatic heterocycles. The molecular weight excluding hydrogens is 881 g/mol. The van der Waals surface area contributed by atoms with Crippen molar-refractivity contribution in [1.82, 2.24) is 14.1 Å². The van der Waals surface area contributed by atoms with Gasteiger partial charge in [0.25, 0.3) is 0 Å². The average molecular weight is 915 g/mol. The molecule has 0 fully saturated rings. The van der Waals surface area contributed by atoms with Crippen molar-refractivity contribution >= 4 is 43.6 Å². The SMILES string of the molecule is N#Cc1ccc(-n2c3ccc(-c4ccccc4C#N)cc3c3cc(-c4ccccc4C#N)ccc32)c(-c2cnccc2-n2c3ccc(-c4ccccc4C#N)cc3c3cc(-c4ccccc4C#N)ccc32)c1. The Bertz CT molecular complexity index is 4250. The van der Waals surface area contributed by atoms with Gasteiger partial charge >= 0.3 is 0 Å². The van der Waals surface area contributed by atoms with E-state index in [1.54, 1.807) is 6.20 Å². The molecule has 0 spiro atoms. The first kappa shape index (κ1) is 42.5. The zero-order chi connectivity index (χ0) is 48.9. The van der Waals surface area contributed by atoms with Gasteiger partial charge in [0.1, 0.15) is 0 Å². The van der Waals surface area contributed by atoms with E-state index in [1.807, 2.05) is 152 Å². The van der Waals surface area contributed by atoms with Crippen LogP contribution in [0.2, 0.25) is 0 Å². The first-order valence-corrected chi connectivity index (χ1v) is 23.1. The van der Waals surface area contributed by atoms with Gasteiger partial charge in [-0.05, 0) is 142 Å². The molecule has 330 valence electrons. The molecule has 0 saturated carbocycles. The highest BCUT2D eigenvalue weighted by molar-refractivity contribution is 6.14. The fraction of sp³-hybridized carbons (Fsp3) is 0. The molecule has 0 saturated heterocycles. The lowest BCUT2D eigenvalue weighted by Gasteiger charge is -2.18. The van der Waals surface area contributed by atoms with Crippen molar-refractivity contribution in [2.75, 3.05) is 0 Å². The van der Waals surface area contributed by atoms with Crippen molar-refractivity contribution in [3.05, 3.63) is 234 Å². The fourth-order valence-electron chi connectivity index (χ4n) is 10.4. The summed E-state index contributed by atoms with van der Waals surface area (Å²) in [5.41, 5.74) is 16.4. The summed E-state index contributed by atoms with van der Waals surface area (Å²) >= 11 is 0. The third-order valence-corrected chi connectivity index (χ3v) is 13.7. The Kier molecular flexibility index (Phi) is 10.3. The molecule has 0 N–H and O–H groups in total. The summed E-state index contributed by atoms with van der Waals surface area (Å²) in [4.78, 5) is 4.74. The molecular formula is C64H34N8. The van der Waals surface area contributed by atoms with Gasteiger partial charge in [-0.3, -0.25) is 4.98 Å². The first-order chi connectivity index (χ1) is 35.5. The standard InChI is InChI=1S/C64H34N8/c65-34-40-17-22-59(71-60-23-18-41(49-13-5-1-9-45(49)35-66)30-54(60)55-31-42(19-24-61(55)71)50-14-6-2-10-46(50)36-67)53(29-40)58-39-70-28-27-64(58)72-62-25-20-43(51-15-7-3-11-47(51)37-68)32-56(62)57-33-44(21-26-63(57)72)52-16-8-4-12-48(52)38-69/h1-33,39H. The quantitative estimate of drug-likeness (QED) is 0.156. The fourth-order valence-corrected chi connectivity index (χ4v) is 10.4. The van der Waals surface area contributed by atoms with Crippen molar-refractivity contribution in [1.29, 1.82) is 26.3 Å². The highest BCUT2D eigenvalue weighted by atomic mass is 15.0. The van der Waals surface area contributed by atoms with Gasteiger partial charge in [0, 0.05) is 45.1 Å². The maximum absolute atomic E-state index is 10.5. The number of nitriles is 5. The molecule has 3 heterocycles. The lowest BCUT2D eigenvalue weighted by molar-refractivity contribution is 1.14. The third kappa shape index (κ3) is 6.84. The Balaban J connectivity index is 1.13. The predicted molar refractivity (Wildman–Crippen MR) is 284 cm³/mol. The van der Waals surface area contributed by atoms with Crippen LogP contribution in [-0.4, -0.2) is 14.1 Å². The summed E-state index contributed by atoms with van der Waals surface area (Å²) in [5.74, 6) is 0. The molecule has 0 aliphatic carbocycles. The van der Waals surface area contributed by atoms with Gasteiger partial charge in [-0.15, -0.1) is 0 Å². The summed E-state index contributed by atoms with van der Waals surface area (Å²) in [6.45, 7) is 0. The molecule has 8 nitrogen and oxygen atoms in total. The summed E-state index contributed by atoms with van der Waals surface area (Å²) in [6, 6.07) is 75.1. The van der Waals surface area contributed by atoms with Crippen LogP contribution in [0.15, 0.2) is 207 Å². The Morgan fingerprint density at radius 2 is 0.653 bits per heavy atom. The van der Waals surface area contributed by atoms with Gasteiger partial charge in [0.2, 0.25) is 0 Å². The molecule has 0 amide bonds. The number of hydrogen-bond acceptors (Lipinski definition) is 6. The highest BCUT2D eigenvalue weighted by Gasteiger charge is 2.23. The summed E-state index contributed by atoms with van der Waals surface area (Å²) < 4.78 is 4.45. The Labute approximate surface area is 413 Å². The van der Waals surface area contributed by atoms with Crippen LogP contribution >= 0.6 is 0 Å². The van der Waals surface area contributed by atoms with E-state index in [1.165, 1.54) is 0 Å². The lowest BCUT2D eigenvalue weighted by Crippen LogP contribution is -2.02. The molecule has 9 aromatic carbocycles. The summed E-state index contributed by atoms with van der Waals surface area (Å²) in [5, 5.41) is 54.9. The molecule has 0 unspecified atom stereocenters. The van der Waals surface area contributed by atoms with Crippen molar-refractivity contribution < 1.29 is 0 Å². The minimum absolute atomic E-state index is 0.471. The zero-order valence-corrected chi connectivity index (χ0v) is 38.2. The van der Waals surface area contributed by atoms with E-state index < -0.39 is 0 Å². The molecule has 12 rings (SSSR count). The van der Waals surface area contributed by atoms with Crippen molar-refractivity contribution in [2.45, 2.75) is 0 Å². The highest BCUT2D eigenvalue weighted by Crippen LogP contribution is 2.44. The van der Waals surface area contributed by atoms with Gasteiger partial charge in [0.05, 0.1) is 91.6 Å². The maximum atomic E-state index is 10.5. The average Bonchev–Trinajstić information content (AvgIpc) is 3.96. The van der Waals surface area contributed by atoms with E-state index in [0.717, 1.165) is 111 Å². The number of pyridine rings is 1. The third-order valence-electron chi connectivity index (χ3n) is 13.7. The smallest absolute Gasteiger partial charge is 0.0998 e. The summed E-state index contributed by atoms with van der Waals surface area (Å²) in [7, 11) is 0. The second-order valence-corrected chi connectivity index (χ2v) is 17.5. The topological polar surface area (TPSA) is 142 Å². The molecule has 72 heavy (non-hydrogen) atoms. The second kappa shape index (κ2) is 17.4. The largest absolute Gasteiger partial charge is 0.309 e. The van der Waals surface area contributed by atoms with E-state index in [4.69, 9.17) is 4.98 Å². The minimum atomic E-state index is 0.471. The molecule has 12 aromatic rings. The number of nitrogens with zero attached hydrogens (tertiary/aromatic N) is 8. The Morgan fingerprint density at radius 3 is 1.00 bits per heavy atom. The van der Waals surface area contributed by atoms with Gasteiger partial charge in [-0.25, -0.2) is 0 Å². The van der Waals surface area contributed by atoms with Gasteiger partial charge < -0.3 is 9.13 Å². The second-order valence-electron chi connectivity index (χ2n) is 17.5. The van der Waals surface area contributed by atoms with E-state index in [-0.39, 0.29) is 0 Å². The van der Waals surface area contributed by atoms with Crippen LogP contribution in [-0.2, 0) is 0 Å². The van der Waals surface area contributed by atoms with E-state index in [9.17, 15) is 26.3 Å². The number of hydrogen-bond donors (Lipinski definition) is 0. The van der Waals surface area contributed by atoms with Crippen molar-refractivity contribution in [2.24, 2.45) is 0 Å². The molecule has 8 heteroatoms. The van der Waals surface area contributed by atoms with Gasteiger partial charge in [0.15, 0.2) is 0 Å². The predicted octanol–water partition coefficient (Wildman–Crippen LogP) is 15.0. The molecule has 0 aliphatic heterocycles. The van der Waals surface area contributed by atoms with Gasteiger partial charge in [-0.1, -0.05) is 97.1 Å². The van der Waals surface area contributed by atoms with Crippen LogP contribution in [0, 0.1) is 56.7 Å². The molecule has 0 atom stereocenters. The monoisotopic (exact) mass is 914 g/mol. The normalized spacial score (nSPS) is 11.0. The Hall–Kier alpha value is -10.8. The zero-order valence-electron chi connectivity index (χ0n) is 38.2.